The minimum Gasteiger partial charge on any atom is -0.348 e. The summed E-state index contributed by atoms with van der Waals surface area (Å²) in [6.45, 7) is 8.00. The molecule has 0 spiro atoms. The first-order chi connectivity index (χ1) is 15.5. The number of hydrogen-bond donors (Lipinski definition) is 1. The summed E-state index contributed by atoms with van der Waals surface area (Å²) in [4.78, 5) is 13.1. The Balaban J connectivity index is 1.83. The zero-order chi connectivity index (χ0) is 24.2. The van der Waals surface area contributed by atoms with Crippen LogP contribution in [-0.2, 0) is 20.2 Å². The van der Waals surface area contributed by atoms with Crippen molar-refractivity contribution in [1.82, 2.24) is 5.32 Å². The third-order valence-electron chi connectivity index (χ3n) is 5.37. The maximum absolute atomic E-state index is 13.4. The van der Waals surface area contributed by atoms with Crippen LogP contribution in [0.3, 0.4) is 0 Å². The number of carbonyl (C=O) groups is 1. The predicted octanol–water partition coefficient (Wildman–Crippen LogP) is 5.82. The summed E-state index contributed by atoms with van der Waals surface area (Å²) < 4.78 is 28.7. The van der Waals surface area contributed by atoms with Crippen molar-refractivity contribution in [2.75, 3.05) is 10.8 Å². The Morgan fingerprint density at radius 3 is 2.18 bits per heavy atom. The Morgan fingerprint density at radius 2 is 1.61 bits per heavy atom. The van der Waals surface area contributed by atoms with Crippen molar-refractivity contribution in [3.63, 3.8) is 0 Å². The van der Waals surface area contributed by atoms with Gasteiger partial charge in [0.25, 0.3) is 10.0 Å². The van der Waals surface area contributed by atoms with Crippen molar-refractivity contribution < 1.29 is 13.2 Å². The maximum Gasteiger partial charge on any atom is 0.264 e. The van der Waals surface area contributed by atoms with E-state index >= 15 is 0 Å². The van der Waals surface area contributed by atoms with Crippen LogP contribution in [0, 0.1) is 0 Å². The van der Waals surface area contributed by atoms with E-state index in [2.05, 4.69) is 54.2 Å². The highest BCUT2D eigenvalue weighted by Crippen LogP contribution is 2.27. The first kappa shape index (κ1) is 25.0. The van der Waals surface area contributed by atoms with Crippen molar-refractivity contribution in [2.24, 2.45) is 0 Å². The Morgan fingerprint density at radius 1 is 0.970 bits per heavy atom. The van der Waals surface area contributed by atoms with E-state index in [9.17, 15) is 13.2 Å². The third kappa shape index (κ3) is 6.24. The van der Waals surface area contributed by atoms with Gasteiger partial charge in [0.1, 0.15) is 6.54 Å². The van der Waals surface area contributed by atoms with Crippen molar-refractivity contribution in [1.29, 1.82) is 0 Å². The average molecular weight is 530 g/mol. The van der Waals surface area contributed by atoms with Crippen molar-refractivity contribution in [2.45, 2.75) is 44.0 Å². The number of amides is 1. The smallest absolute Gasteiger partial charge is 0.264 e. The largest absolute Gasteiger partial charge is 0.348 e. The van der Waals surface area contributed by atoms with E-state index in [1.54, 1.807) is 42.5 Å². The number of nitrogens with one attached hydrogen (secondary N) is 1. The second-order valence-electron chi connectivity index (χ2n) is 8.97. The lowest BCUT2D eigenvalue weighted by molar-refractivity contribution is -0.120. The standard InChI is InChI=1S/C26H29BrN2O3S/c1-19(20-13-15-21(16-14-20)26(2,3)4)28-25(30)18-29(23-10-8-9-22(27)17-23)33(31,32)24-11-6-5-7-12-24/h5-17,19H,18H2,1-4H3,(H,28,30)/t19-/m0/s1. The van der Waals surface area contributed by atoms with Gasteiger partial charge in [0.2, 0.25) is 5.91 Å². The highest BCUT2D eigenvalue weighted by Gasteiger charge is 2.27. The number of anilines is 1. The molecule has 0 radical (unpaired) electrons. The van der Waals surface area contributed by atoms with Gasteiger partial charge in [0.05, 0.1) is 16.6 Å². The quantitative estimate of drug-likeness (QED) is 0.420. The molecular weight excluding hydrogens is 500 g/mol. The van der Waals surface area contributed by atoms with Crippen molar-refractivity contribution >= 4 is 37.5 Å². The van der Waals surface area contributed by atoms with E-state index in [1.807, 2.05) is 19.1 Å². The molecule has 3 rings (SSSR count). The number of hydrogen-bond acceptors (Lipinski definition) is 3. The summed E-state index contributed by atoms with van der Waals surface area (Å²) in [7, 11) is -3.94. The average Bonchev–Trinajstić information content (AvgIpc) is 2.77. The minimum atomic E-state index is -3.94. The molecule has 0 aliphatic carbocycles. The molecule has 3 aromatic carbocycles. The van der Waals surface area contributed by atoms with Crippen LogP contribution >= 0.6 is 15.9 Å². The molecule has 33 heavy (non-hydrogen) atoms. The molecule has 3 aromatic rings. The normalized spacial score (nSPS) is 12.8. The molecule has 0 unspecified atom stereocenters. The molecule has 1 N–H and O–H groups in total. The minimum absolute atomic E-state index is 0.0429. The summed E-state index contributed by atoms with van der Waals surface area (Å²) in [6, 6.07) is 22.9. The Hall–Kier alpha value is -2.64. The van der Waals surface area contributed by atoms with Crippen molar-refractivity contribution in [3.05, 3.63) is 94.5 Å². The molecule has 0 saturated carbocycles. The lowest BCUT2D eigenvalue weighted by atomic mass is 9.86. The lowest BCUT2D eigenvalue weighted by Crippen LogP contribution is -2.41. The maximum atomic E-state index is 13.4. The van der Waals surface area contributed by atoms with E-state index in [1.165, 1.54) is 17.7 Å². The number of rotatable bonds is 7. The number of benzene rings is 3. The highest BCUT2D eigenvalue weighted by atomic mass is 79.9. The van der Waals surface area contributed by atoms with Gasteiger partial charge in [-0.1, -0.05) is 85.2 Å². The molecule has 0 fully saturated rings. The molecule has 0 aliphatic heterocycles. The van der Waals surface area contributed by atoms with Gasteiger partial charge in [-0.15, -0.1) is 0 Å². The van der Waals surface area contributed by atoms with E-state index < -0.39 is 10.0 Å². The van der Waals surface area contributed by atoms with Gasteiger partial charge in [0, 0.05) is 4.47 Å². The van der Waals surface area contributed by atoms with Crippen LogP contribution in [0.4, 0.5) is 5.69 Å². The Bertz CT molecular complexity index is 1200. The van der Waals surface area contributed by atoms with Crippen LogP contribution in [0.2, 0.25) is 0 Å². The molecule has 5 nitrogen and oxygen atoms in total. The topological polar surface area (TPSA) is 66.5 Å². The fraction of sp³-hybridized carbons (Fsp3) is 0.269. The van der Waals surface area contributed by atoms with E-state index in [4.69, 9.17) is 0 Å². The van der Waals surface area contributed by atoms with Gasteiger partial charge in [-0.3, -0.25) is 9.10 Å². The first-order valence-electron chi connectivity index (χ1n) is 10.7. The number of nitrogens with zero attached hydrogens (tertiary/aromatic N) is 1. The van der Waals surface area contributed by atoms with Gasteiger partial charge in [-0.25, -0.2) is 8.42 Å². The molecule has 7 heteroatoms. The molecule has 0 aromatic heterocycles. The zero-order valence-electron chi connectivity index (χ0n) is 19.2. The van der Waals surface area contributed by atoms with Gasteiger partial charge in [0.15, 0.2) is 0 Å². The van der Waals surface area contributed by atoms with Crippen LogP contribution in [0.5, 0.6) is 0 Å². The van der Waals surface area contributed by atoms with E-state index in [0.717, 1.165) is 14.3 Å². The fourth-order valence-electron chi connectivity index (χ4n) is 3.44. The van der Waals surface area contributed by atoms with E-state index in [-0.39, 0.29) is 28.8 Å². The summed E-state index contributed by atoms with van der Waals surface area (Å²) >= 11 is 3.39. The lowest BCUT2D eigenvalue weighted by Gasteiger charge is -2.25. The third-order valence-corrected chi connectivity index (χ3v) is 7.65. The second kappa shape index (κ2) is 10.1. The van der Waals surface area contributed by atoms with Crippen LogP contribution in [0.1, 0.15) is 44.9 Å². The molecule has 1 amide bonds. The molecule has 174 valence electrons. The number of carbonyl (C=O) groups excluding carboxylic acids is 1. The monoisotopic (exact) mass is 528 g/mol. The first-order valence-corrected chi connectivity index (χ1v) is 12.9. The second-order valence-corrected chi connectivity index (χ2v) is 11.7. The zero-order valence-corrected chi connectivity index (χ0v) is 21.7. The van der Waals surface area contributed by atoms with Crippen LogP contribution in [0.15, 0.2) is 88.2 Å². The Labute approximate surface area is 205 Å². The summed E-state index contributed by atoms with van der Waals surface area (Å²) in [5, 5.41) is 2.94. The molecule has 0 aliphatic rings. The van der Waals surface area contributed by atoms with Gasteiger partial charge in [-0.05, 0) is 53.8 Å². The van der Waals surface area contributed by atoms with E-state index in [0.29, 0.717) is 5.69 Å². The number of halogens is 1. The van der Waals surface area contributed by atoms with Crippen LogP contribution < -0.4 is 9.62 Å². The molecular formula is C26H29BrN2O3S. The molecule has 0 bridgehead atoms. The Kier molecular flexibility index (Phi) is 7.65. The fourth-order valence-corrected chi connectivity index (χ4v) is 5.26. The molecule has 1 atom stereocenters. The summed E-state index contributed by atoms with van der Waals surface area (Å²) in [5.41, 5.74) is 2.61. The van der Waals surface area contributed by atoms with Gasteiger partial charge < -0.3 is 5.32 Å². The molecule has 0 saturated heterocycles. The van der Waals surface area contributed by atoms with Crippen LogP contribution in [-0.4, -0.2) is 20.9 Å². The predicted molar refractivity (Wildman–Crippen MR) is 137 cm³/mol. The SMILES string of the molecule is C[C@H](NC(=O)CN(c1cccc(Br)c1)S(=O)(=O)c1ccccc1)c1ccc(C(C)(C)C)cc1. The van der Waals surface area contributed by atoms with Crippen LogP contribution in [0.25, 0.3) is 0 Å². The number of sulfonamides is 1. The highest BCUT2D eigenvalue weighted by molar-refractivity contribution is 9.10. The summed E-state index contributed by atoms with van der Waals surface area (Å²) in [5.74, 6) is -0.387. The summed E-state index contributed by atoms with van der Waals surface area (Å²) in [6.07, 6.45) is 0. The van der Waals surface area contributed by atoms with Gasteiger partial charge in [-0.2, -0.15) is 0 Å². The van der Waals surface area contributed by atoms with Gasteiger partial charge >= 0.3 is 0 Å². The molecule has 0 heterocycles. The van der Waals surface area contributed by atoms with Crippen molar-refractivity contribution in [3.8, 4) is 0 Å².